The van der Waals surface area contributed by atoms with Gasteiger partial charge in [0, 0.05) is 0 Å². The van der Waals surface area contributed by atoms with Crippen LogP contribution in [0.15, 0.2) is 58.4 Å². The van der Waals surface area contributed by atoms with Crippen LogP contribution in [0.5, 0.6) is 0 Å². The van der Waals surface area contributed by atoms with E-state index in [1.54, 1.807) is 30.3 Å². The van der Waals surface area contributed by atoms with E-state index in [0.717, 1.165) is 0 Å². The van der Waals surface area contributed by atoms with E-state index in [1.807, 2.05) is 18.2 Å². The van der Waals surface area contributed by atoms with Gasteiger partial charge in [-0.05, 0) is 48.7 Å². The van der Waals surface area contributed by atoms with Crippen molar-refractivity contribution in [3.8, 4) is 0 Å². The second kappa shape index (κ2) is 7.21. The largest absolute Gasteiger partial charge is 0.413 e. The highest BCUT2D eigenvalue weighted by atomic mass is 32.2. The Labute approximate surface area is 153 Å². The smallest absolute Gasteiger partial charge is 0.206 e. The molecule has 5 heteroatoms. The highest BCUT2D eigenvalue weighted by Crippen LogP contribution is 2.39. The molecule has 0 saturated heterocycles. The summed E-state index contributed by atoms with van der Waals surface area (Å²) in [6, 6.07) is 8.60. The Kier molecular flexibility index (Phi) is 5.81. The fourth-order valence-corrected chi connectivity index (χ4v) is 5.31. The van der Waals surface area contributed by atoms with Crippen molar-refractivity contribution in [2.75, 3.05) is 0 Å². The monoisotopic (exact) mass is 378 g/mol. The summed E-state index contributed by atoms with van der Waals surface area (Å²) in [4.78, 5) is 0.703. The Morgan fingerprint density at radius 2 is 1.72 bits per heavy atom. The molecule has 2 atom stereocenters. The van der Waals surface area contributed by atoms with Gasteiger partial charge in [-0.25, -0.2) is 8.42 Å². The van der Waals surface area contributed by atoms with Gasteiger partial charge in [0.25, 0.3) is 0 Å². The number of hydrogen-bond acceptors (Lipinski definition) is 3. The lowest BCUT2D eigenvalue weighted by Crippen LogP contribution is -2.45. The van der Waals surface area contributed by atoms with E-state index in [-0.39, 0.29) is 17.1 Å². The summed E-state index contributed by atoms with van der Waals surface area (Å²) >= 11 is 0. The lowest BCUT2D eigenvalue weighted by molar-refractivity contribution is 0.149. The van der Waals surface area contributed by atoms with Crippen molar-refractivity contribution < 1.29 is 12.8 Å². The normalized spacial score (nSPS) is 22.4. The zero-order valence-corrected chi connectivity index (χ0v) is 17.9. The first-order valence-electron chi connectivity index (χ1n) is 8.81. The standard InChI is InChI=1S/C20H30O3SSi/c1-16-12-13-18(24(21,22)17-10-8-7-9-11-17)14-15-19(16)23-25(5,6)20(2,3)4/h7-14,16,19H,15H2,1-6H3/t16-,19-/m1/s1. The van der Waals surface area contributed by atoms with Crippen molar-refractivity contribution in [2.24, 2.45) is 5.92 Å². The maximum atomic E-state index is 12.8. The van der Waals surface area contributed by atoms with E-state index in [1.165, 1.54) is 0 Å². The van der Waals surface area contributed by atoms with Crippen LogP contribution in [0, 0.1) is 5.92 Å². The number of rotatable bonds is 4. The summed E-state index contributed by atoms with van der Waals surface area (Å²) in [7, 11) is -5.38. The minimum Gasteiger partial charge on any atom is -0.413 e. The molecule has 0 aliphatic heterocycles. The maximum Gasteiger partial charge on any atom is 0.206 e. The average Bonchev–Trinajstić information content (AvgIpc) is 2.70. The fourth-order valence-electron chi connectivity index (χ4n) is 2.53. The lowest BCUT2D eigenvalue weighted by atomic mass is 10.0. The minimum absolute atomic E-state index is 0.0145. The van der Waals surface area contributed by atoms with Crippen LogP contribution in [0.4, 0.5) is 0 Å². The number of hydrogen-bond donors (Lipinski definition) is 0. The van der Waals surface area contributed by atoms with Crippen molar-refractivity contribution in [3.05, 3.63) is 53.5 Å². The fraction of sp³-hybridized carbons (Fsp3) is 0.500. The molecule has 0 spiro atoms. The van der Waals surface area contributed by atoms with Crippen LogP contribution >= 0.6 is 0 Å². The molecule has 0 bridgehead atoms. The second-order valence-corrected chi connectivity index (χ2v) is 15.0. The van der Waals surface area contributed by atoms with Gasteiger partial charge in [0.2, 0.25) is 9.84 Å². The lowest BCUT2D eigenvalue weighted by Gasteiger charge is -2.40. The van der Waals surface area contributed by atoms with E-state index in [4.69, 9.17) is 4.43 Å². The van der Waals surface area contributed by atoms with E-state index >= 15 is 0 Å². The Balaban J connectivity index is 2.27. The molecule has 0 aromatic heterocycles. The minimum atomic E-state index is -3.47. The molecule has 1 aliphatic carbocycles. The van der Waals surface area contributed by atoms with Crippen LogP contribution in [0.3, 0.4) is 0 Å². The van der Waals surface area contributed by atoms with Crippen molar-refractivity contribution in [3.63, 3.8) is 0 Å². The van der Waals surface area contributed by atoms with Gasteiger partial charge >= 0.3 is 0 Å². The Morgan fingerprint density at radius 1 is 1.12 bits per heavy atom. The van der Waals surface area contributed by atoms with Crippen LogP contribution in [0.1, 0.15) is 34.1 Å². The summed E-state index contributed by atoms with van der Waals surface area (Å²) in [5.74, 6) is 0.175. The van der Waals surface area contributed by atoms with Crippen molar-refractivity contribution in [1.29, 1.82) is 0 Å². The predicted molar refractivity (Wildman–Crippen MR) is 107 cm³/mol. The van der Waals surface area contributed by atoms with E-state index in [9.17, 15) is 8.42 Å². The molecule has 2 rings (SSSR count). The van der Waals surface area contributed by atoms with Crippen LogP contribution in [-0.2, 0) is 14.3 Å². The number of benzene rings is 1. The zero-order valence-electron chi connectivity index (χ0n) is 16.1. The Hall–Kier alpha value is -1.17. The summed E-state index contributed by atoms with van der Waals surface area (Å²) in [5.41, 5.74) is 0. The molecule has 1 aromatic carbocycles. The molecule has 0 fully saturated rings. The molecule has 0 amide bonds. The van der Waals surface area contributed by atoms with Gasteiger partial charge in [-0.15, -0.1) is 0 Å². The molecule has 1 aromatic rings. The number of allylic oxidation sites excluding steroid dienone is 1. The number of sulfone groups is 1. The SMILES string of the molecule is C[C@@H]1C=CC(S(=O)(=O)c2ccccc2)=CC[C@H]1O[Si](C)(C)C(C)(C)C. The van der Waals surface area contributed by atoms with Crippen LogP contribution in [0.25, 0.3) is 0 Å². The molecule has 1 aliphatic rings. The molecule has 0 heterocycles. The summed E-state index contributed by atoms with van der Waals surface area (Å²) in [6.07, 6.45) is 6.15. The molecule has 0 N–H and O–H groups in total. The summed E-state index contributed by atoms with van der Waals surface area (Å²) in [5, 5.41) is 0.130. The summed E-state index contributed by atoms with van der Waals surface area (Å²) in [6.45, 7) is 13.2. The third kappa shape index (κ3) is 4.52. The van der Waals surface area contributed by atoms with Gasteiger partial charge in [-0.1, -0.05) is 58.0 Å². The highest BCUT2D eigenvalue weighted by molar-refractivity contribution is 7.95. The van der Waals surface area contributed by atoms with Gasteiger partial charge in [-0.2, -0.15) is 0 Å². The third-order valence-corrected chi connectivity index (χ3v) is 11.6. The topological polar surface area (TPSA) is 43.4 Å². The third-order valence-electron chi connectivity index (χ3n) is 5.32. The first kappa shape index (κ1) is 20.1. The molecule has 0 saturated carbocycles. The highest BCUT2D eigenvalue weighted by Gasteiger charge is 2.40. The Bertz CT molecular complexity index is 756. The Morgan fingerprint density at radius 3 is 2.28 bits per heavy atom. The molecule has 3 nitrogen and oxygen atoms in total. The van der Waals surface area contributed by atoms with E-state index in [2.05, 4.69) is 40.8 Å². The molecule has 0 unspecified atom stereocenters. The predicted octanol–water partition coefficient (Wildman–Crippen LogP) is 5.33. The average molecular weight is 379 g/mol. The van der Waals surface area contributed by atoms with Crippen LogP contribution in [-0.4, -0.2) is 22.8 Å². The first-order chi connectivity index (χ1) is 11.4. The second-order valence-electron chi connectivity index (χ2n) is 8.29. The molecule has 0 radical (unpaired) electrons. The van der Waals surface area contributed by atoms with Gasteiger partial charge in [0.15, 0.2) is 8.32 Å². The van der Waals surface area contributed by atoms with Gasteiger partial charge in [0.05, 0.1) is 15.9 Å². The quantitative estimate of drug-likeness (QED) is 0.665. The molecular weight excluding hydrogens is 348 g/mol. The maximum absolute atomic E-state index is 12.8. The summed E-state index contributed by atoms with van der Waals surface area (Å²) < 4.78 is 32.2. The van der Waals surface area contributed by atoms with Crippen LogP contribution in [0.2, 0.25) is 18.1 Å². The molecule has 25 heavy (non-hydrogen) atoms. The van der Waals surface area contributed by atoms with Gasteiger partial charge in [-0.3, -0.25) is 0 Å². The van der Waals surface area contributed by atoms with E-state index in [0.29, 0.717) is 16.2 Å². The van der Waals surface area contributed by atoms with Crippen molar-refractivity contribution in [2.45, 2.75) is 63.2 Å². The van der Waals surface area contributed by atoms with Crippen molar-refractivity contribution >= 4 is 18.2 Å². The zero-order chi connectivity index (χ0) is 18.9. The van der Waals surface area contributed by atoms with Crippen LogP contribution < -0.4 is 0 Å². The van der Waals surface area contributed by atoms with E-state index < -0.39 is 18.2 Å². The van der Waals surface area contributed by atoms with Gasteiger partial charge < -0.3 is 4.43 Å². The molecular formula is C20H30O3SSi. The van der Waals surface area contributed by atoms with Gasteiger partial charge in [0.1, 0.15) is 0 Å². The van der Waals surface area contributed by atoms with Crippen molar-refractivity contribution in [1.82, 2.24) is 0 Å². The molecule has 138 valence electrons. The first-order valence-corrected chi connectivity index (χ1v) is 13.2.